The van der Waals surface area contributed by atoms with Gasteiger partial charge in [0.15, 0.2) is 0 Å². The van der Waals surface area contributed by atoms with Crippen molar-refractivity contribution in [3.8, 4) is 0 Å². The lowest BCUT2D eigenvalue weighted by Gasteiger charge is -2.30. The Morgan fingerprint density at radius 2 is 1.65 bits per heavy atom. The number of rotatable bonds is 6. The van der Waals surface area contributed by atoms with Crippen LogP contribution in [0, 0.1) is 11.7 Å². The molecule has 1 aliphatic rings. The summed E-state index contributed by atoms with van der Waals surface area (Å²) in [5.41, 5.74) is 2.94. The topological polar surface area (TPSA) is 32.3 Å². The van der Waals surface area contributed by atoms with Crippen LogP contribution in [0.4, 0.5) is 4.39 Å². The van der Waals surface area contributed by atoms with Gasteiger partial charge in [-0.2, -0.15) is 0 Å². The molecule has 3 rings (SSSR count). The Kier molecular flexibility index (Phi) is 6.40. The van der Waals surface area contributed by atoms with E-state index >= 15 is 0 Å². The number of hydrogen-bond donors (Lipinski definition) is 1. The van der Waals surface area contributed by atoms with Crippen LogP contribution in [-0.4, -0.2) is 30.4 Å². The Morgan fingerprint density at radius 1 is 1.04 bits per heavy atom. The number of piperidine rings is 1. The van der Waals surface area contributed by atoms with E-state index in [4.69, 9.17) is 0 Å². The molecule has 1 heterocycles. The first-order chi connectivity index (χ1) is 12.6. The van der Waals surface area contributed by atoms with Gasteiger partial charge in [0.05, 0.1) is 0 Å². The quantitative estimate of drug-likeness (QED) is 0.849. The Labute approximate surface area is 155 Å². The molecular formula is C22H27FN2O. The molecule has 138 valence electrons. The van der Waals surface area contributed by atoms with E-state index in [2.05, 4.69) is 17.1 Å². The number of nitrogens with one attached hydrogen (secondary N) is 1. The summed E-state index contributed by atoms with van der Waals surface area (Å²) >= 11 is 0. The van der Waals surface area contributed by atoms with Crippen LogP contribution >= 0.6 is 0 Å². The molecule has 0 radical (unpaired) electrons. The molecule has 0 spiro atoms. The zero-order valence-corrected chi connectivity index (χ0v) is 15.4. The van der Waals surface area contributed by atoms with Crippen LogP contribution in [0.25, 0.3) is 0 Å². The second-order valence-electron chi connectivity index (χ2n) is 7.29. The van der Waals surface area contributed by atoms with E-state index in [1.165, 1.54) is 30.5 Å². The number of halogens is 1. The fourth-order valence-corrected chi connectivity index (χ4v) is 3.31. The van der Waals surface area contributed by atoms with E-state index in [0.29, 0.717) is 18.5 Å². The normalized spacial score (nSPS) is 15.8. The third-order valence-electron chi connectivity index (χ3n) is 5.11. The lowest BCUT2D eigenvalue weighted by Crippen LogP contribution is -2.32. The maximum atomic E-state index is 12.9. The van der Waals surface area contributed by atoms with Crippen LogP contribution in [0.2, 0.25) is 0 Å². The van der Waals surface area contributed by atoms with Gasteiger partial charge in [0.2, 0.25) is 0 Å². The van der Waals surface area contributed by atoms with Gasteiger partial charge in [0, 0.05) is 18.7 Å². The minimum Gasteiger partial charge on any atom is -0.352 e. The second-order valence-corrected chi connectivity index (χ2v) is 7.29. The first-order valence-corrected chi connectivity index (χ1v) is 9.44. The van der Waals surface area contributed by atoms with E-state index in [1.807, 2.05) is 24.3 Å². The number of likely N-dealkylation sites (tertiary alicyclic amines) is 1. The molecule has 4 heteroatoms. The average Bonchev–Trinajstić information content (AvgIpc) is 2.66. The smallest absolute Gasteiger partial charge is 0.251 e. The molecule has 0 aromatic heterocycles. The lowest BCUT2D eigenvalue weighted by atomic mass is 9.99. The highest BCUT2D eigenvalue weighted by atomic mass is 19.1. The molecule has 1 aliphatic heterocycles. The highest BCUT2D eigenvalue weighted by molar-refractivity contribution is 5.94. The number of carbonyl (C=O) groups is 1. The molecule has 0 saturated carbocycles. The van der Waals surface area contributed by atoms with Gasteiger partial charge < -0.3 is 5.32 Å². The molecule has 0 aliphatic carbocycles. The monoisotopic (exact) mass is 354 g/mol. The van der Waals surface area contributed by atoms with E-state index < -0.39 is 0 Å². The molecule has 0 bridgehead atoms. The van der Waals surface area contributed by atoms with Gasteiger partial charge in [-0.15, -0.1) is 0 Å². The number of benzene rings is 2. The minimum absolute atomic E-state index is 0.0644. The highest BCUT2D eigenvalue weighted by Gasteiger charge is 2.15. The predicted molar refractivity (Wildman–Crippen MR) is 103 cm³/mol. The molecule has 1 N–H and O–H groups in total. The third kappa shape index (κ3) is 5.40. The molecule has 1 saturated heterocycles. The molecule has 3 nitrogen and oxygen atoms in total. The average molecular weight is 354 g/mol. The van der Waals surface area contributed by atoms with Crippen LogP contribution < -0.4 is 5.32 Å². The van der Waals surface area contributed by atoms with Gasteiger partial charge in [-0.05, 0) is 73.7 Å². The summed E-state index contributed by atoms with van der Waals surface area (Å²) in [5.74, 6) is 0.537. The maximum Gasteiger partial charge on any atom is 0.251 e. The van der Waals surface area contributed by atoms with E-state index in [9.17, 15) is 9.18 Å². The van der Waals surface area contributed by atoms with E-state index in [-0.39, 0.29) is 11.7 Å². The van der Waals surface area contributed by atoms with Crippen molar-refractivity contribution in [2.24, 2.45) is 5.92 Å². The summed E-state index contributed by atoms with van der Waals surface area (Å²) in [6.07, 6.45) is 3.24. The second kappa shape index (κ2) is 8.95. The van der Waals surface area contributed by atoms with Gasteiger partial charge in [-0.25, -0.2) is 4.39 Å². The Balaban J connectivity index is 1.45. The van der Waals surface area contributed by atoms with Crippen LogP contribution in [0.15, 0.2) is 48.5 Å². The molecule has 1 fully saturated rings. The zero-order valence-electron chi connectivity index (χ0n) is 15.4. The number of nitrogens with zero attached hydrogens (tertiary/aromatic N) is 1. The van der Waals surface area contributed by atoms with Gasteiger partial charge >= 0.3 is 0 Å². The SMILES string of the molecule is CC1CCN(Cc2ccc(C(=O)NCCc3ccc(F)cc3)cc2)CC1. The van der Waals surface area contributed by atoms with Gasteiger partial charge in [-0.3, -0.25) is 9.69 Å². The third-order valence-corrected chi connectivity index (χ3v) is 5.11. The standard InChI is InChI=1S/C22H27FN2O/c1-17-11-14-25(15-12-17)16-19-2-6-20(7-3-19)22(26)24-13-10-18-4-8-21(23)9-5-18/h2-9,17H,10-16H2,1H3,(H,24,26). The minimum atomic E-state index is -0.239. The largest absolute Gasteiger partial charge is 0.352 e. The van der Waals surface area contributed by atoms with Crippen LogP contribution in [0.1, 0.15) is 41.3 Å². The van der Waals surface area contributed by atoms with Crippen molar-refractivity contribution in [3.63, 3.8) is 0 Å². The first-order valence-electron chi connectivity index (χ1n) is 9.44. The molecule has 2 aromatic carbocycles. The van der Waals surface area contributed by atoms with Crippen molar-refractivity contribution in [1.29, 1.82) is 0 Å². The number of carbonyl (C=O) groups excluding carboxylic acids is 1. The summed E-state index contributed by atoms with van der Waals surface area (Å²) in [5, 5.41) is 2.92. The van der Waals surface area contributed by atoms with Gasteiger partial charge in [0.1, 0.15) is 5.82 Å². The van der Waals surface area contributed by atoms with E-state index in [1.54, 1.807) is 12.1 Å². The van der Waals surface area contributed by atoms with Gasteiger partial charge in [0.25, 0.3) is 5.91 Å². The zero-order chi connectivity index (χ0) is 18.4. The Hall–Kier alpha value is -2.20. The lowest BCUT2D eigenvalue weighted by molar-refractivity contribution is 0.0954. The molecule has 1 amide bonds. The summed E-state index contributed by atoms with van der Waals surface area (Å²) < 4.78 is 12.9. The van der Waals surface area contributed by atoms with Crippen LogP contribution in [0.5, 0.6) is 0 Å². The Morgan fingerprint density at radius 3 is 2.31 bits per heavy atom. The summed E-state index contributed by atoms with van der Waals surface area (Å²) in [4.78, 5) is 14.7. The molecule has 0 atom stereocenters. The maximum absolute atomic E-state index is 12.9. The van der Waals surface area contributed by atoms with Crippen molar-refractivity contribution < 1.29 is 9.18 Å². The van der Waals surface area contributed by atoms with E-state index in [0.717, 1.165) is 31.1 Å². The van der Waals surface area contributed by atoms with Crippen LogP contribution in [0.3, 0.4) is 0 Å². The Bertz CT molecular complexity index is 704. The van der Waals surface area contributed by atoms with Crippen molar-refractivity contribution in [2.45, 2.75) is 32.7 Å². The highest BCUT2D eigenvalue weighted by Crippen LogP contribution is 2.18. The molecular weight excluding hydrogens is 327 g/mol. The van der Waals surface area contributed by atoms with Crippen LogP contribution in [-0.2, 0) is 13.0 Å². The number of hydrogen-bond acceptors (Lipinski definition) is 2. The first kappa shape index (κ1) is 18.6. The fraction of sp³-hybridized carbons (Fsp3) is 0.409. The number of amides is 1. The van der Waals surface area contributed by atoms with Crippen molar-refractivity contribution in [2.75, 3.05) is 19.6 Å². The summed E-state index contributed by atoms with van der Waals surface area (Å²) in [6.45, 7) is 6.14. The van der Waals surface area contributed by atoms with Gasteiger partial charge in [-0.1, -0.05) is 31.2 Å². The summed E-state index contributed by atoms with van der Waals surface area (Å²) in [6, 6.07) is 14.3. The summed E-state index contributed by atoms with van der Waals surface area (Å²) in [7, 11) is 0. The predicted octanol–water partition coefficient (Wildman–Crippen LogP) is 4.03. The van der Waals surface area contributed by atoms with Crippen molar-refractivity contribution >= 4 is 5.91 Å². The molecule has 26 heavy (non-hydrogen) atoms. The van der Waals surface area contributed by atoms with Crippen molar-refractivity contribution in [3.05, 3.63) is 71.0 Å². The van der Waals surface area contributed by atoms with Crippen molar-refractivity contribution in [1.82, 2.24) is 10.2 Å². The molecule has 2 aromatic rings. The fourth-order valence-electron chi connectivity index (χ4n) is 3.31. The molecule has 0 unspecified atom stereocenters.